The normalized spacial score (nSPS) is 18.2. The van der Waals surface area contributed by atoms with Gasteiger partial charge in [0, 0.05) is 6.54 Å². The summed E-state index contributed by atoms with van der Waals surface area (Å²) in [5.74, 6) is 0.577. The van der Waals surface area contributed by atoms with E-state index in [2.05, 4.69) is 10.0 Å². The lowest BCUT2D eigenvalue weighted by Gasteiger charge is -2.11. The zero-order valence-corrected chi connectivity index (χ0v) is 13.9. The van der Waals surface area contributed by atoms with Crippen molar-refractivity contribution in [2.75, 3.05) is 19.6 Å². The first-order valence-corrected chi connectivity index (χ1v) is 9.49. The largest absolute Gasteiger partial charge is 0.316 e. The van der Waals surface area contributed by atoms with Gasteiger partial charge in [0.05, 0.1) is 4.90 Å². The average Bonchev–Trinajstić information content (AvgIpc) is 3.09. The van der Waals surface area contributed by atoms with Crippen LogP contribution in [0.2, 0.25) is 0 Å². The molecule has 0 amide bonds. The first-order valence-electron chi connectivity index (χ1n) is 8.01. The predicted molar refractivity (Wildman–Crippen MR) is 92.7 cm³/mol. The summed E-state index contributed by atoms with van der Waals surface area (Å²) in [7, 11) is -3.45. The Morgan fingerprint density at radius 2 is 1.83 bits per heavy atom. The molecule has 0 aliphatic carbocycles. The zero-order chi connectivity index (χ0) is 16.1. The molecule has 1 atom stereocenters. The molecule has 2 N–H and O–H groups in total. The first-order chi connectivity index (χ1) is 11.1. The van der Waals surface area contributed by atoms with Crippen LogP contribution < -0.4 is 10.0 Å². The Bertz CT molecular complexity index is 739. The number of hydrogen-bond donors (Lipinski definition) is 2. The lowest BCUT2D eigenvalue weighted by atomic mass is 10.1. The van der Waals surface area contributed by atoms with Gasteiger partial charge in [-0.15, -0.1) is 0 Å². The Kier molecular flexibility index (Phi) is 5.10. The van der Waals surface area contributed by atoms with Gasteiger partial charge in [0.25, 0.3) is 0 Å². The molecular formula is C18H22N2O2S. The molecule has 1 fully saturated rings. The van der Waals surface area contributed by atoms with Crippen molar-refractivity contribution in [2.45, 2.75) is 17.7 Å². The van der Waals surface area contributed by atoms with Gasteiger partial charge in [0.1, 0.15) is 0 Å². The predicted octanol–water partition coefficient (Wildman–Crippen LogP) is 2.63. The SMILES string of the molecule is O=S(=O)(NCCC1CCNC1)c1cccc(-c2ccccc2)c1. The minimum atomic E-state index is -3.45. The van der Waals surface area contributed by atoms with Crippen LogP contribution >= 0.6 is 0 Å². The molecule has 1 unspecified atom stereocenters. The van der Waals surface area contributed by atoms with Crippen LogP contribution in [0.3, 0.4) is 0 Å². The van der Waals surface area contributed by atoms with E-state index in [1.165, 1.54) is 0 Å². The molecule has 0 bridgehead atoms. The van der Waals surface area contributed by atoms with E-state index in [0.29, 0.717) is 17.4 Å². The van der Waals surface area contributed by atoms with Crippen LogP contribution in [0.5, 0.6) is 0 Å². The minimum Gasteiger partial charge on any atom is -0.316 e. The maximum atomic E-state index is 12.5. The third kappa shape index (κ3) is 4.19. The number of sulfonamides is 1. The van der Waals surface area contributed by atoms with Crippen molar-refractivity contribution in [3.63, 3.8) is 0 Å². The second-order valence-corrected chi connectivity index (χ2v) is 7.71. The Labute approximate surface area is 138 Å². The molecule has 1 heterocycles. The molecule has 5 heteroatoms. The molecule has 23 heavy (non-hydrogen) atoms. The van der Waals surface area contributed by atoms with Crippen molar-refractivity contribution in [1.29, 1.82) is 0 Å². The smallest absolute Gasteiger partial charge is 0.240 e. The molecule has 2 aromatic rings. The number of rotatable bonds is 6. The van der Waals surface area contributed by atoms with E-state index in [4.69, 9.17) is 0 Å². The van der Waals surface area contributed by atoms with Crippen molar-refractivity contribution in [1.82, 2.24) is 10.0 Å². The van der Waals surface area contributed by atoms with Crippen LogP contribution in [-0.4, -0.2) is 28.1 Å². The van der Waals surface area contributed by atoms with Crippen LogP contribution in [-0.2, 0) is 10.0 Å². The summed E-state index contributed by atoms with van der Waals surface area (Å²) in [6, 6.07) is 16.9. The molecule has 3 rings (SSSR count). The van der Waals surface area contributed by atoms with Gasteiger partial charge >= 0.3 is 0 Å². The Morgan fingerprint density at radius 1 is 1.04 bits per heavy atom. The topological polar surface area (TPSA) is 58.2 Å². The molecule has 4 nitrogen and oxygen atoms in total. The zero-order valence-electron chi connectivity index (χ0n) is 13.0. The summed E-state index contributed by atoms with van der Waals surface area (Å²) in [6.07, 6.45) is 2.01. The highest BCUT2D eigenvalue weighted by atomic mass is 32.2. The lowest BCUT2D eigenvalue weighted by molar-refractivity contribution is 0.519. The first kappa shape index (κ1) is 16.2. The van der Waals surface area contributed by atoms with Crippen molar-refractivity contribution in [3.8, 4) is 11.1 Å². The third-order valence-electron chi connectivity index (χ3n) is 4.26. The summed E-state index contributed by atoms with van der Waals surface area (Å²) in [5.41, 5.74) is 1.93. The highest BCUT2D eigenvalue weighted by Crippen LogP contribution is 2.22. The Hall–Kier alpha value is -1.69. The van der Waals surface area contributed by atoms with Gasteiger partial charge in [-0.25, -0.2) is 13.1 Å². The van der Waals surface area contributed by atoms with Crippen LogP contribution in [0.25, 0.3) is 11.1 Å². The van der Waals surface area contributed by atoms with E-state index in [1.807, 2.05) is 36.4 Å². The molecule has 122 valence electrons. The van der Waals surface area contributed by atoms with E-state index >= 15 is 0 Å². The van der Waals surface area contributed by atoms with Gasteiger partial charge in [-0.3, -0.25) is 0 Å². The molecule has 0 aromatic heterocycles. The summed E-state index contributed by atoms with van der Waals surface area (Å²) in [5, 5.41) is 3.30. The van der Waals surface area contributed by atoms with Crippen LogP contribution in [0.15, 0.2) is 59.5 Å². The van der Waals surface area contributed by atoms with E-state index in [-0.39, 0.29) is 0 Å². The van der Waals surface area contributed by atoms with Gasteiger partial charge in [0.15, 0.2) is 0 Å². The molecule has 2 aromatic carbocycles. The fourth-order valence-corrected chi connectivity index (χ4v) is 4.01. The second kappa shape index (κ2) is 7.25. The minimum absolute atomic E-state index is 0.323. The molecule has 0 radical (unpaired) electrons. The highest BCUT2D eigenvalue weighted by Gasteiger charge is 2.17. The summed E-state index contributed by atoms with van der Waals surface area (Å²) >= 11 is 0. The van der Waals surface area contributed by atoms with E-state index < -0.39 is 10.0 Å². The van der Waals surface area contributed by atoms with E-state index in [9.17, 15) is 8.42 Å². The standard InChI is InChI=1S/C18H22N2O2S/c21-23(22,20-12-10-15-9-11-19-14-15)18-8-4-7-17(13-18)16-5-2-1-3-6-16/h1-8,13,15,19-20H,9-12,14H2. The molecular weight excluding hydrogens is 308 g/mol. The third-order valence-corrected chi connectivity index (χ3v) is 5.72. The van der Waals surface area contributed by atoms with Gasteiger partial charge in [-0.1, -0.05) is 42.5 Å². The van der Waals surface area contributed by atoms with E-state index in [0.717, 1.165) is 37.1 Å². The van der Waals surface area contributed by atoms with Crippen molar-refractivity contribution in [2.24, 2.45) is 5.92 Å². The van der Waals surface area contributed by atoms with Gasteiger partial charge in [0.2, 0.25) is 10.0 Å². The number of nitrogens with one attached hydrogen (secondary N) is 2. The van der Waals surface area contributed by atoms with Crippen LogP contribution in [0.4, 0.5) is 0 Å². The maximum Gasteiger partial charge on any atom is 0.240 e. The molecule has 1 saturated heterocycles. The second-order valence-electron chi connectivity index (χ2n) is 5.94. The van der Waals surface area contributed by atoms with E-state index in [1.54, 1.807) is 18.2 Å². The van der Waals surface area contributed by atoms with Crippen LogP contribution in [0, 0.1) is 5.92 Å². The number of benzene rings is 2. The maximum absolute atomic E-state index is 12.5. The van der Waals surface area contributed by atoms with Crippen molar-refractivity contribution >= 4 is 10.0 Å². The van der Waals surface area contributed by atoms with Gasteiger partial charge in [-0.2, -0.15) is 0 Å². The Balaban J connectivity index is 1.69. The van der Waals surface area contributed by atoms with Crippen LogP contribution in [0.1, 0.15) is 12.8 Å². The molecule has 0 spiro atoms. The Morgan fingerprint density at radius 3 is 2.57 bits per heavy atom. The average molecular weight is 330 g/mol. The van der Waals surface area contributed by atoms with Crippen molar-refractivity contribution < 1.29 is 8.42 Å². The highest BCUT2D eigenvalue weighted by molar-refractivity contribution is 7.89. The molecule has 1 aliphatic rings. The number of hydrogen-bond acceptors (Lipinski definition) is 3. The summed E-state index contributed by atoms with van der Waals surface area (Å²) in [4.78, 5) is 0.323. The van der Waals surface area contributed by atoms with Gasteiger partial charge < -0.3 is 5.32 Å². The van der Waals surface area contributed by atoms with Gasteiger partial charge in [-0.05, 0) is 55.1 Å². The molecule has 0 saturated carbocycles. The summed E-state index contributed by atoms with van der Waals surface area (Å²) in [6.45, 7) is 2.52. The van der Waals surface area contributed by atoms with Crippen molar-refractivity contribution in [3.05, 3.63) is 54.6 Å². The molecule has 1 aliphatic heterocycles. The monoisotopic (exact) mass is 330 g/mol. The quantitative estimate of drug-likeness (QED) is 0.856. The fraction of sp³-hybridized carbons (Fsp3) is 0.333. The lowest BCUT2D eigenvalue weighted by Crippen LogP contribution is -2.26. The fourth-order valence-electron chi connectivity index (χ4n) is 2.92. The summed E-state index contributed by atoms with van der Waals surface area (Å²) < 4.78 is 27.7.